The van der Waals surface area contributed by atoms with Crippen LogP contribution in [0.5, 0.6) is 0 Å². The molecule has 5 rings (SSSR count). The summed E-state index contributed by atoms with van der Waals surface area (Å²) in [6.07, 6.45) is 7.66. The molecule has 1 saturated heterocycles. The van der Waals surface area contributed by atoms with E-state index in [1.165, 1.54) is 5.56 Å². The van der Waals surface area contributed by atoms with Crippen LogP contribution in [-0.2, 0) is 0 Å². The average molecular weight is 372 g/mol. The van der Waals surface area contributed by atoms with Crippen LogP contribution in [0.4, 0.5) is 0 Å². The molecule has 1 unspecified atom stereocenters. The maximum absolute atomic E-state index is 5.84. The molecule has 5 heteroatoms. The number of nitrogens with zero attached hydrogens (tertiary/aromatic N) is 1. The predicted molar refractivity (Wildman–Crippen MR) is 110 cm³/mol. The normalized spacial score (nSPS) is 21.0. The van der Waals surface area contributed by atoms with Crippen LogP contribution < -0.4 is 10.6 Å². The van der Waals surface area contributed by atoms with E-state index in [-0.39, 0.29) is 12.1 Å². The molecule has 3 heterocycles. The Bertz CT molecular complexity index is 1030. The van der Waals surface area contributed by atoms with E-state index in [2.05, 4.69) is 69.1 Å². The highest BCUT2D eigenvalue weighted by Gasteiger charge is 2.30. The van der Waals surface area contributed by atoms with Gasteiger partial charge in [0.1, 0.15) is 5.58 Å². The van der Waals surface area contributed by atoms with E-state index in [0.717, 1.165) is 41.6 Å². The van der Waals surface area contributed by atoms with Gasteiger partial charge in [0.05, 0.1) is 24.3 Å². The summed E-state index contributed by atoms with van der Waals surface area (Å²) in [6.45, 7) is 1.04. The molecule has 1 aliphatic heterocycles. The fraction of sp³-hybridized carbons (Fsp3) is 0.261. The van der Waals surface area contributed by atoms with Gasteiger partial charge in [-0.25, -0.2) is 4.98 Å². The van der Waals surface area contributed by atoms with Gasteiger partial charge in [-0.2, -0.15) is 0 Å². The first-order valence-corrected chi connectivity index (χ1v) is 9.89. The largest absolute Gasteiger partial charge is 0.464 e. The molecule has 2 aromatic heterocycles. The second-order valence-electron chi connectivity index (χ2n) is 7.38. The van der Waals surface area contributed by atoms with Crippen LogP contribution in [0.2, 0.25) is 0 Å². The second kappa shape index (κ2) is 7.62. The van der Waals surface area contributed by atoms with Crippen molar-refractivity contribution in [3.05, 3.63) is 90.2 Å². The van der Waals surface area contributed by atoms with E-state index in [4.69, 9.17) is 4.42 Å². The highest BCUT2D eigenvalue weighted by Crippen LogP contribution is 2.32. The summed E-state index contributed by atoms with van der Waals surface area (Å²) < 4.78 is 5.84. The van der Waals surface area contributed by atoms with Crippen molar-refractivity contribution in [2.75, 3.05) is 6.54 Å². The van der Waals surface area contributed by atoms with Crippen LogP contribution in [0.25, 0.3) is 11.0 Å². The van der Waals surface area contributed by atoms with E-state index in [1.807, 2.05) is 12.3 Å². The SMILES string of the molecule is c1ccc([C@@H]2NCCC[C@@H]2NC(c2cnc[nH]2)c2cccc3ccoc23)cc1. The highest BCUT2D eigenvalue weighted by atomic mass is 16.3. The maximum atomic E-state index is 5.84. The van der Waals surface area contributed by atoms with E-state index in [1.54, 1.807) is 12.6 Å². The lowest BCUT2D eigenvalue weighted by molar-refractivity contribution is 0.291. The van der Waals surface area contributed by atoms with Crippen molar-refractivity contribution >= 4 is 11.0 Å². The number of imidazole rings is 1. The zero-order valence-electron chi connectivity index (χ0n) is 15.6. The molecule has 0 bridgehead atoms. The van der Waals surface area contributed by atoms with E-state index in [0.29, 0.717) is 6.04 Å². The van der Waals surface area contributed by atoms with Gasteiger partial charge >= 0.3 is 0 Å². The lowest BCUT2D eigenvalue weighted by Crippen LogP contribution is -2.47. The van der Waals surface area contributed by atoms with Crippen LogP contribution in [0, 0.1) is 0 Å². The highest BCUT2D eigenvalue weighted by molar-refractivity contribution is 5.81. The van der Waals surface area contributed by atoms with Crippen molar-refractivity contribution in [1.82, 2.24) is 20.6 Å². The third-order valence-electron chi connectivity index (χ3n) is 5.65. The molecule has 3 atom stereocenters. The number of piperidine rings is 1. The second-order valence-corrected chi connectivity index (χ2v) is 7.38. The molecule has 0 aliphatic carbocycles. The molecule has 28 heavy (non-hydrogen) atoms. The Morgan fingerprint density at radius 3 is 2.86 bits per heavy atom. The molecule has 2 aromatic carbocycles. The minimum absolute atomic E-state index is 0.0199. The average Bonchev–Trinajstić information content (AvgIpc) is 3.45. The van der Waals surface area contributed by atoms with Crippen molar-refractivity contribution in [2.24, 2.45) is 0 Å². The van der Waals surface area contributed by atoms with Gasteiger partial charge in [0, 0.05) is 29.2 Å². The van der Waals surface area contributed by atoms with Crippen molar-refractivity contribution in [2.45, 2.75) is 31.0 Å². The number of nitrogens with one attached hydrogen (secondary N) is 3. The third-order valence-corrected chi connectivity index (χ3v) is 5.65. The molecule has 0 radical (unpaired) electrons. The molecule has 0 amide bonds. The molecular weight excluding hydrogens is 348 g/mol. The van der Waals surface area contributed by atoms with Gasteiger partial charge in [-0.15, -0.1) is 0 Å². The number of rotatable bonds is 5. The predicted octanol–water partition coefficient (Wildman–Crippen LogP) is 4.33. The Balaban J connectivity index is 1.52. The van der Waals surface area contributed by atoms with Gasteiger partial charge in [-0.3, -0.25) is 0 Å². The minimum atomic E-state index is -0.0199. The van der Waals surface area contributed by atoms with Gasteiger partial charge < -0.3 is 20.0 Å². The summed E-state index contributed by atoms with van der Waals surface area (Å²) in [6, 6.07) is 19.6. The number of H-pyrrole nitrogens is 1. The van der Waals surface area contributed by atoms with Gasteiger partial charge in [0.25, 0.3) is 0 Å². The molecule has 142 valence electrons. The first kappa shape index (κ1) is 17.2. The number of fused-ring (bicyclic) bond motifs is 1. The number of hydrogen-bond acceptors (Lipinski definition) is 4. The molecule has 1 aliphatic rings. The van der Waals surface area contributed by atoms with Crippen LogP contribution in [0.1, 0.15) is 41.7 Å². The number of furan rings is 1. The number of aromatic nitrogens is 2. The van der Waals surface area contributed by atoms with Crippen LogP contribution in [-0.4, -0.2) is 22.6 Å². The smallest absolute Gasteiger partial charge is 0.139 e. The van der Waals surface area contributed by atoms with Gasteiger partial charge in [-0.05, 0) is 31.0 Å². The first-order valence-electron chi connectivity index (χ1n) is 9.89. The Morgan fingerprint density at radius 2 is 2.00 bits per heavy atom. The zero-order chi connectivity index (χ0) is 18.8. The molecule has 5 nitrogen and oxygen atoms in total. The molecule has 4 aromatic rings. The van der Waals surface area contributed by atoms with Crippen molar-refractivity contribution < 1.29 is 4.42 Å². The molecule has 0 spiro atoms. The number of para-hydroxylation sites is 1. The number of aromatic amines is 1. The minimum Gasteiger partial charge on any atom is -0.464 e. The Kier molecular flexibility index (Phi) is 4.69. The maximum Gasteiger partial charge on any atom is 0.139 e. The van der Waals surface area contributed by atoms with Gasteiger partial charge in [0.15, 0.2) is 0 Å². The van der Waals surface area contributed by atoms with E-state index in [9.17, 15) is 0 Å². The lowest BCUT2D eigenvalue weighted by Gasteiger charge is -2.36. The van der Waals surface area contributed by atoms with Crippen molar-refractivity contribution in [3.63, 3.8) is 0 Å². The molecule has 3 N–H and O–H groups in total. The summed E-state index contributed by atoms with van der Waals surface area (Å²) in [5.74, 6) is 0. The number of hydrogen-bond donors (Lipinski definition) is 3. The monoisotopic (exact) mass is 372 g/mol. The van der Waals surface area contributed by atoms with Gasteiger partial charge in [0.2, 0.25) is 0 Å². The Morgan fingerprint density at radius 1 is 1.07 bits per heavy atom. The van der Waals surface area contributed by atoms with Crippen molar-refractivity contribution in [1.29, 1.82) is 0 Å². The first-order chi connectivity index (χ1) is 13.9. The topological polar surface area (TPSA) is 65.9 Å². The van der Waals surface area contributed by atoms with Crippen molar-refractivity contribution in [3.8, 4) is 0 Å². The van der Waals surface area contributed by atoms with Crippen LogP contribution >= 0.6 is 0 Å². The third kappa shape index (κ3) is 3.23. The summed E-state index contributed by atoms with van der Waals surface area (Å²) >= 11 is 0. The summed E-state index contributed by atoms with van der Waals surface area (Å²) in [4.78, 5) is 7.57. The molecule has 0 saturated carbocycles. The van der Waals surface area contributed by atoms with Crippen LogP contribution in [0.3, 0.4) is 0 Å². The lowest BCUT2D eigenvalue weighted by atomic mass is 9.90. The van der Waals surface area contributed by atoms with Crippen LogP contribution in [0.15, 0.2) is 77.8 Å². The standard InChI is InChI=1S/C23H24N4O/c1-2-6-16(7-3-1)21-19(10-5-12-25-21)27-22(20-14-24-15-26-20)18-9-4-8-17-11-13-28-23(17)18/h1-4,6-9,11,13-15,19,21-22,25,27H,5,10,12H2,(H,24,26)/t19-,21-,22?/m0/s1. The quantitative estimate of drug-likeness (QED) is 0.488. The Labute approximate surface area is 164 Å². The zero-order valence-corrected chi connectivity index (χ0v) is 15.6. The molecular formula is C23H24N4O. The Hall–Kier alpha value is -2.89. The van der Waals surface area contributed by atoms with E-state index < -0.39 is 0 Å². The fourth-order valence-electron chi connectivity index (χ4n) is 4.31. The van der Waals surface area contributed by atoms with Gasteiger partial charge in [-0.1, -0.05) is 48.5 Å². The van der Waals surface area contributed by atoms with E-state index >= 15 is 0 Å². The summed E-state index contributed by atoms with van der Waals surface area (Å²) in [5.41, 5.74) is 4.42. The number of benzene rings is 2. The fourth-order valence-corrected chi connectivity index (χ4v) is 4.31. The molecule has 1 fully saturated rings. The summed E-state index contributed by atoms with van der Waals surface area (Å²) in [7, 11) is 0. The summed E-state index contributed by atoms with van der Waals surface area (Å²) in [5, 5.41) is 8.74.